The number of halogens is 1. The van der Waals surface area contributed by atoms with Gasteiger partial charge in [-0.25, -0.2) is 0 Å². The van der Waals surface area contributed by atoms with Gasteiger partial charge in [-0.05, 0) is 35.9 Å². The van der Waals surface area contributed by atoms with Crippen LogP contribution >= 0.6 is 11.6 Å². The first kappa shape index (κ1) is 18.2. The van der Waals surface area contributed by atoms with Gasteiger partial charge in [-0.3, -0.25) is 0 Å². The summed E-state index contributed by atoms with van der Waals surface area (Å²) in [6.45, 7) is 0.957. The van der Waals surface area contributed by atoms with Crippen LogP contribution in [0.15, 0.2) is 40.9 Å². The van der Waals surface area contributed by atoms with E-state index in [9.17, 15) is 0 Å². The molecule has 0 radical (unpaired) electrons. The van der Waals surface area contributed by atoms with E-state index in [-0.39, 0.29) is 5.89 Å². The van der Waals surface area contributed by atoms with E-state index in [0.29, 0.717) is 47.1 Å². The van der Waals surface area contributed by atoms with E-state index in [4.69, 9.17) is 35.1 Å². The van der Waals surface area contributed by atoms with Crippen LogP contribution in [0.3, 0.4) is 0 Å². The molecule has 0 unspecified atom stereocenters. The minimum Gasteiger partial charge on any atom is -0.497 e. The Kier molecular flexibility index (Phi) is 5.08. The van der Waals surface area contributed by atoms with Gasteiger partial charge < -0.3 is 23.5 Å². The predicted octanol–water partition coefficient (Wildman–Crippen LogP) is 4.26. The molecule has 2 aromatic carbocycles. The van der Waals surface area contributed by atoms with E-state index < -0.39 is 0 Å². The fraction of sp³-hybridized carbons (Fsp3) is 0.200. The maximum Gasteiger partial charge on any atom is 0.269 e. The largest absolute Gasteiger partial charge is 0.497 e. The number of hydrogen-bond donors (Lipinski definition) is 0. The normalized spacial score (nSPS) is 13.3. The first-order valence-corrected chi connectivity index (χ1v) is 8.89. The van der Waals surface area contributed by atoms with E-state index >= 15 is 0 Å². The van der Waals surface area contributed by atoms with Crippen molar-refractivity contribution in [2.45, 2.75) is 0 Å². The topological polar surface area (TPSA) is 75.8 Å². The third-order valence-corrected chi connectivity index (χ3v) is 4.37. The van der Waals surface area contributed by atoms with E-state index in [1.165, 1.54) is 0 Å². The Bertz CT molecular complexity index is 1010. The van der Waals surface area contributed by atoms with Gasteiger partial charge in [0.15, 0.2) is 11.5 Å². The molecule has 4 rings (SSSR count). The molecule has 0 amide bonds. The van der Waals surface area contributed by atoms with Crippen molar-refractivity contribution in [3.05, 3.63) is 47.9 Å². The zero-order chi connectivity index (χ0) is 19.5. The van der Waals surface area contributed by atoms with Gasteiger partial charge in [-0.1, -0.05) is 28.9 Å². The Morgan fingerprint density at radius 1 is 1.11 bits per heavy atom. The standard InChI is InChI=1S/C20H17ClN2O5/c1-24-14-5-3-4-13(11-14)19-22-20(28-23-19)15(21)8-12-9-16(25-2)18-17(10-12)26-6-7-27-18/h3-5,8-11H,6-7H2,1-2H3/b15-8-. The van der Waals surface area contributed by atoms with Crippen molar-refractivity contribution in [3.63, 3.8) is 0 Å². The summed E-state index contributed by atoms with van der Waals surface area (Å²) in [6.07, 6.45) is 1.70. The molecule has 0 saturated carbocycles. The highest BCUT2D eigenvalue weighted by atomic mass is 35.5. The summed E-state index contributed by atoms with van der Waals surface area (Å²) < 4.78 is 27.2. The molecule has 0 fully saturated rings. The Morgan fingerprint density at radius 3 is 2.79 bits per heavy atom. The molecule has 3 aromatic rings. The van der Waals surface area contributed by atoms with Gasteiger partial charge in [-0.2, -0.15) is 4.98 Å². The van der Waals surface area contributed by atoms with Crippen molar-refractivity contribution in [2.24, 2.45) is 0 Å². The van der Waals surface area contributed by atoms with Gasteiger partial charge in [0.05, 0.1) is 14.2 Å². The van der Waals surface area contributed by atoms with Crippen LogP contribution in [0.25, 0.3) is 22.5 Å². The van der Waals surface area contributed by atoms with E-state index in [1.54, 1.807) is 26.4 Å². The summed E-state index contributed by atoms with van der Waals surface area (Å²) in [4.78, 5) is 4.36. The molecule has 1 aliphatic rings. The molecule has 0 aliphatic carbocycles. The van der Waals surface area contributed by atoms with Gasteiger partial charge in [0.1, 0.15) is 24.0 Å². The maximum absolute atomic E-state index is 6.41. The first-order valence-electron chi connectivity index (χ1n) is 8.51. The molecule has 1 aromatic heterocycles. The smallest absolute Gasteiger partial charge is 0.269 e. The molecule has 0 atom stereocenters. The third-order valence-electron chi connectivity index (χ3n) is 4.10. The molecule has 0 N–H and O–H groups in total. The van der Waals surface area contributed by atoms with Crippen molar-refractivity contribution in [1.29, 1.82) is 0 Å². The average molecular weight is 401 g/mol. The zero-order valence-corrected chi connectivity index (χ0v) is 16.0. The number of methoxy groups -OCH3 is 2. The van der Waals surface area contributed by atoms with Crippen molar-refractivity contribution in [2.75, 3.05) is 27.4 Å². The monoisotopic (exact) mass is 400 g/mol. The molecule has 1 aliphatic heterocycles. The summed E-state index contributed by atoms with van der Waals surface area (Å²) in [5, 5.41) is 4.28. The van der Waals surface area contributed by atoms with Crippen LogP contribution in [0.1, 0.15) is 11.5 Å². The number of hydrogen-bond acceptors (Lipinski definition) is 7. The number of rotatable bonds is 5. The quantitative estimate of drug-likeness (QED) is 0.633. The van der Waals surface area contributed by atoms with Crippen LogP contribution < -0.4 is 18.9 Å². The molecule has 144 valence electrons. The van der Waals surface area contributed by atoms with Gasteiger partial charge in [0.25, 0.3) is 5.89 Å². The lowest BCUT2D eigenvalue weighted by atomic mass is 10.1. The summed E-state index contributed by atoms with van der Waals surface area (Å²) in [5.74, 6) is 3.07. The average Bonchev–Trinajstić information content (AvgIpc) is 3.23. The number of ether oxygens (including phenoxy) is 4. The van der Waals surface area contributed by atoms with Crippen LogP contribution in [0, 0.1) is 0 Å². The second-order valence-electron chi connectivity index (χ2n) is 5.89. The third kappa shape index (κ3) is 3.61. The fourth-order valence-electron chi connectivity index (χ4n) is 2.78. The Balaban J connectivity index is 1.64. The molecule has 7 nitrogen and oxygen atoms in total. The van der Waals surface area contributed by atoms with Gasteiger partial charge >= 0.3 is 0 Å². The summed E-state index contributed by atoms with van der Waals surface area (Å²) in [7, 11) is 3.17. The highest BCUT2D eigenvalue weighted by Gasteiger charge is 2.19. The second-order valence-corrected chi connectivity index (χ2v) is 6.30. The van der Waals surface area contributed by atoms with Crippen molar-refractivity contribution >= 4 is 22.7 Å². The fourth-order valence-corrected chi connectivity index (χ4v) is 2.99. The Morgan fingerprint density at radius 2 is 1.96 bits per heavy atom. The van der Waals surface area contributed by atoms with Gasteiger partial charge in [0.2, 0.25) is 11.6 Å². The number of benzene rings is 2. The van der Waals surface area contributed by atoms with Crippen LogP contribution in [0.5, 0.6) is 23.0 Å². The Labute approximate surface area is 166 Å². The number of nitrogens with zero attached hydrogens (tertiary/aromatic N) is 2. The van der Waals surface area contributed by atoms with E-state index in [2.05, 4.69) is 10.1 Å². The lowest BCUT2D eigenvalue weighted by Gasteiger charge is -2.21. The molecule has 0 spiro atoms. The van der Waals surface area contributed by atoms with E-state index in [1.807, 2.05) is 30.3 Å². The maximum atomic E-state index is 6.41. The van der Waals surface area contributed by atoms with Crippen molar-refractivity contribution in [3.8, 4) is 34.4 Å². The summed E-state index contributed by atoms with van der Waals surface area (Å²) in [5.41, 5.74) is 1.52. The Hall–Kier alpha value is -3.19. The van der Waals surface area contributed by atoms with Crippen LogP contribution in [-0.4, -0.2) is 37.6 Å². The van der Waals surface area contributed by atoms with Gasteiger partial charge in [0, 0.05) is 5.56 Å². The molecule has 2 heterocycles. The summed E-state index contributed by atoms with van der Waals surface area (Å²) >= 11 is 6.41. The minimum absolute atomic E-state index is 0.202. The number of fused-ring (bicyclic) bond motifs is 1. The lowest BCUT2D eigenvalue weighted by Crippen LogP contribution is -2.16. The van der Waals surface area contributed by atoms with Crippen LogP contribution in [0.4, 0.5) is 0 Å². The van der Waals surface area contributed by atoms with Crippen molar-refractivity contribution in [1.82, 2.24) is 10.1 Å². The summed E-state index contributed by atoms with van der Waals surface area (Å²) in [6, 6.07) is 11.0. The van der Waals surface area contributed by atoms with E-state index in [0.717, 1.165) is 11.1 Å². The van der Waals surface area contributed by atoms with Crippen molar-refractivity contribution < 1.29 is 23.5 Å². The van der Waals surface area contributed by atoms with Gasteiger partial charge in [-0.15, -0.1) is 0 Å². The zero-order valence-electron chi connectivity index (χ0n) is 15.3. The SMILES string of the molecule is COc1cccc(-c2noc(/C(Cl)=C/c3cc(OC)c4c(c3)OCCO4)n2)c1. The highest BCUT2D eigenvalue weighted by molar-refractivity contribution is 6.50. The molecule has 8 heteroatoms. The van der Waals surface area contributed by atoms with Crippen LogP contribution in [-0.2, 0) is 0 Å². The first-order chi connectivity index (χ1) is 13.7. The highest BCUT2D eigenvalue weighted by Crippen LogP contribution is 2.41. The lowest BCUT2D eigenvalue weighted by molar-refractivity contribution is 0.165. The molecular weight excluding hydrogens is 384 g/mol. The minimum atomic E-state index is 0.202. The molecular formula is C20H17ClN2O5. The molecule has 0 bridgehead atoms. The second kappa shape index (κ2) is 7.82. The number of aromatic nitrogens is 2. The predicted molar refractivity (Wildman–Crippen MR) is 104 cm³/mol. The van der Waals surface area contributed by atoms with Crippen LogP contribution in [0.2, 0.25) is 0 Å². The molecule has 0 saturated heterocycles. The molecule has 28 heavy (non-hydrogen) atoms.